The summed E-state index contributed by atoms with van der Waals surface area (Å²) >= 11 is 0. The molecule has 13 heavy (non-hydrogen) atoms. The molecule has 1 aromatic carbocycles. The summed E-state index contributed by atoms with van der Waals surface area (Å²) in [6, 6.07) is 10.8. The average Bonchev–Trinajstić information content (AvgIpc) is 2.17. The molecule has 0 saturated heterocycles. The highest BCUT2D eigenvalue weighted by molar-refractivity contribution is 6.16. The van der Waals surface area contributed by atoms with E-state index < -0.39 is 0 Å². The number of hydrogen-bond donors (Lipinski definition) is 0. The van der Waals surface area contributed by atoms with Crippen LogP contribution in [-0.2, 0) is 5.31 Å². The maximum Gasteiger partial charge on any atom is 0.115 e. The van der Waals surface area contributed by atoms with Crippen molar-refractivity contribution in [1.29, 1.82) is 0 Å². The first-order valence-electron chi connectivity index (χ1n) is 5.16. The molecule has 0 saturated carbocycles. The normalized spacial score (nSPS) is 15.7. The molecule has 0 aliphatic heterocycles. The van der Waals surface area contributed by atoms with Crippen molar-refractivity contribution < 1.29 is 0 Å². The third-order valence-corrected chi connectivity index (χ3v) is 3.44. The molecule has 0 aliphatic rings. The molecule has 0 amide bonds. The molecule has 0 aromatic heterocycles. The van der Waals surface area contributed by atoms with E-state index in [1.54, 1.807) is 0 Å². The molecule has 0 heterocycles. The lowest BCUT2D eigenvalue weighted by Gasteiger charge is -2.33. The molecule has 1 heteroatoms. The van der Waals surface area contributed by atoms with Crippen LogP contribution in [0.1, 0.15) is 32.8 Å². The van der Waals surface area contributed by atoms with Gasteiger partial charge in [-0.15, -0.1) is 0 Å². The van der Waals surface area contributed by atoms with E-state index >= 15 is 0 Å². The van der Waals surface area contributed by atoms with E-state index in [1.165, 1.54) is 12.0 Å². The standard InChI is InChI=1S/C12H19B/c1-4-12(13,10(2)3)11-8-6-5-7-9-11/h5-10H,4,13H2,1-3H3. The molecule has 0 bridgehead atoms. The zero-order valence-electron chi connectivity index (χ0n) is 9.17. The monoisotopic (exact) mass is 174 g/mol. The van der Waals surface area contributed by atoms with Crippen LogP contribution in [0, 0.1) is 5.92 Å². The highest BCUT2D eigenvalue weighted by Gasteiger charge is 2.27. The van der Waals surface area contributed by atoms with Gasteiger partial charge in [-0.2, -0.15) is 0 Å². The van der Waals surface area contributed by atoms with Gasteiger partial charge in [0.05, 0.1) is 0 Å². The Kier molecular flexibility index (Phi) is 3.19. The number of benzene rings is 1. The summed E-state index contributed by atoms with van der Waals surface area (Å²) in [4.78, 5) is 0. The van der Waals surface area contributed by atoms with Crippen molar-refractivity contribution >= 4 is 7.85 Å². The summed E-state index contributed by atoms with van der Waals surface area (Å²) in [5, 5.41) is 0.335. The van der Waals surface area contributed by atoms with Gasteiger partial charge >= 0.3 is 0 Å². The van der Waals surface area contributed by atoms with Gasteiger partial charge in [0.1, 0.15) is 7.85 Å². The SMILES string of the molecule is BC(CC)(c1ccccc1)C(C)C. The van der Waals surface area contributed by atoms with Gasteiger partial charge in [-0.25, -0.2) is 0 Å². The number of hydrogen-bond acceptors (Lipinski definition) is 0. The fraction of sp³-hybridized carbons (Fsp3) is 0.500. The Balaban J connectivity index is 3.03. The molecule has 0 spiro atoms. The van der Waals surface area contributed by atoms with Crippen LogP contribution in [0.4, 0.5) is 0 Å². The van der Waals surface area contributed by atoms with Crippen molar-refractivity contribution in [2.45, 2.75) is 32.5 Å². The molecule has 70 valence electrons. The first-order valence-corrected chi connectivity index (χ1v) is 5.16. The van der Waals surface area contributed by atoms with E-state index in [9.17, 15) is 0 Å². The molecule has 0 fully saturated rings. The fourth-order valence-electron chi connectivity index (χ4n) is 1.76. The molecule has 1 atom stereocenters. The predicted octanol–water partition coefficient (Wildman–Crippen LogP) is 2.58. The maximum atomic E-state index is 2.35. The van der Waals surface area contributed by atoms with Crippen molar-refractivity contribution in [3.8, 4) is 0 Å². The second-order valence-corrected chi connectivity index (χ2v) is 4.29. The predicted molar refractivity (Wildman–Crippen MR) is 61.8 cm³/mol. The third kappa shape index (κ3) is 1.96. The van der Waals surface area contributed by atoms with Gasteiger partial charge in [0.2, 0.25) is 0 Å². The van der Waals surface area contributed by atoms with Crippen LogP contribution in [0.25, 0.3) is 0 Å². The molecule has 1 unspecified atom stereocenters. The maximum absolute atomic E-state index is 2.35. The van der Waals surface area contributed by atoms with Gasteiger partial charge in [0.15, 0.2) is 0 Å². The summed E-state index contributed by atoms with van der Waals surface area (Å²) in [7, 11) is 2.35. The van der Waals surface area contributed by atoms with E-state index in [0.29, 0.717) is 11.2 Å². The molecular formula is C12H19B. The smallest absolute Gasteiger partial charge is 0.0652 e. The van der Waals surface area contributed by atoms with Crippen molar-refractivity contribution in [3.05, 3.63) is 35.9 Å². The first kappa shape index (κ1) is 10.4. The highest BCUT2D eigenvalue weighted by Crippen LogP contribution is 2.31. The molecule has 1 aromatic rings. The minimum Gasteiger partial charge on any atom is -0.0652 e. The fourth-order valence-corrected chi connectivity index (χ4v) is 1.76. The van der Waals surface area contributed by atoms with Crippen molar-refractivity contribution in [1.82, 2.24) is 0 Å². The summed E-state index contributed by atoms with van der Waals surface area (Å²) in [5.41, 5.74) is 1.47. The summed E-state index contributed by atoms with van der Waals surface area (Å²) in [5.74, 6) is 0.694. The van der Waals surface area contributed by atoms with Gasteiger partial charge in [-0.05, 0) is 16.8 Å². The topological polar surface area (TPSA) is 0 Å². The van der Waals surface area contributed by atoms with Gasteiger partial charge in [0.25, 0.3) is 0 Å². The summed E-state index contributed by atoms with van der Waals surface area (Å²) in [6.07, 6.45) is 1.20. The quantitative estimate of drug-likeness (QED) is 0.618. The van der Waals surface area contributed by atoms with E-state index in [-0.39, 0.29) is 0 Å². The van der Waals surface area contributed by atoms with Gasteiger partial charge < -0.3 is 0 Å². The second-order valence-electron chi connectivity index (χ2n) is 4.29. The lowest BCUT2D eigenvalue weighted by molar-refractivity contribution is 0.424. The Morgan fingerprint density at radius 2 is 1.77 bits per heavy atom. The Hall–Kier alpha value is -0.715. The third-order valence-electron chi connectivity index (χ3n) is 3.44. The second kappa shape index (κ2) is 4.00. The molecule has 0 N–H and O–H groups in total. The molecule has 0 nitrogen and oxygen atoms in total. The van der Waals surface area contributed by atoms with Gasteiger partial charge in [-0.3, -0.25) is 0 Å². The van der Waals surface area contributed by atoms with Gasteiger partial charge in [-0.1, -0.05) is 57.5 Å². The lowest BCUT2D eigenvalue weighted by Crippen LogP contribution is -2.31. The van der Waals surface area contributed by atoms with Crippen molar-refractivity contribution in [2.24, 2.45) is 5.92 Å². The summed E-state index contributed by atoms with van der Waals surface area (Å²) < 4.78 is 0. The van der Waals surface area contributed by atoms with Crippen LogP contribution in [0.15, 0.2) is 30.3 Å². The van der Waals surface area contributed by atoms with Crippen LogP contribution in [0.2, 0.25) is 0 Å². The van der Waals surface area contributed by atoms with E-state index in [1.807, 2.05) is 0 Å². The molecule has 0 aliphatic carbocycles. The average molecular weight is 174 g/mol. The minimum atomic E-state index is 0.335. The van der Waals surface area contributed by atoms with Crippen LogP contribution in [-0.4, -0.2) is 7.85 Å². The first-order chi connectivity index (χ1) is 6.11. The molecular weight excluding hydrogens is 155 g/mol. The van der Waals surface area contributed by atoms with Crippen LogP contribution >= 0.6 is 0 Å². The molecule has 0 radical (unpaired) electrons. The summed E-state index contributed by atoms with van der Waals surface area (Å²) in [6.45, 7) is 6.88. The van der Waals surface area contributed by atoms with Gasteiger partial charge in [0, 0.05) is 0 Å². The molecule has 1 rings (SSSR count). The number of rotatable bonds is 3. The van der Waals surface area contributed by atoms with E-state index in [4.69, 9.17) is 0 Å². The Bertz CT molecular complexity index is 253. The Morgan fingerprint density at radius 3 is 2.15 bits per heavy atom. The van der Waals surface area contributed by atoms with Crippen LogP contribution < -0.4 is 0 Å². The van der Waals surface area contributed by atoms with E-state index in [2.05, 4.69) is 58.9 Å². The zero-order valence-corrected chi connectivity index (χ0v) is 9.17. The minimum absolute atomic E-state index is 0.335. The highest BCUT2D eigenvalue weighted by atomic mass is 14.3. The van der Waals surface area contributed by atoms with Crippen molar-refractivity contribution in [3.63, 3.8) is 0 Å². The van der Waals surface area contributed by atoms with E-state index in [0.717, 1.165) is 0 Å². The van der Waals surface area contributed by atoms with Crippen molar-refractivity contribution in [2.75, 3.05) is 0 Å². The Morgan fingerprint density at radius 1 is 1.23 bits per heavy atom. The Labute approximate surface area is 82.8 Å². The van der Waals surface area contributed by atoms with Crippen LogP contribution in [0.5, 0.6) is 0 Å². The zero-order chi connectivity index (χ0) is 9.90. The van der Waals surface area contributed by atoms with Crippen LogP contribution in [0.3, 0.4) is 0 Å². The lowest BCUT2D eigenvalue weighted by atomic mass is 9.56. The largest absolute Gasteiger partial charge is 0.115 e.